The fourth-order valence-electron chi connectivity index (χ4n) is 9.18. The predicted octanol–water partition coefficient (Wildman–Crippen LogP) is 16.4. The van der Waals surface area contributed by atoms with E-state index in [2.05, 4.69) is 199 Å². The molecule has 10 aromatic rings. The van der Waals surface area contributed by atoms with Crippen LogP contribution in [0.15, 0.2) is 150 Å². The highest BCUT2D eigenvalue weighted by Crippen LogP contribution is 2.45. The molecule has 0 aliphatic carbocycles. The number of fused-ring (bicyclic) bond motifs is 14. The lowest BCUT2D eigenvalue weighted by atomic mass is 9.96. The Labute approximate surface area is 371 Å². The van der Waals surface area contributed by atoms with Crippen molar-refractivity contribution < 1.29 is 21.5 Å². The van der Waals surface area contributed by atoms with Gasteiger partial charge in [-0.25, -0.2) is 0 Å². The Morgan fingerprint density at radius 3 is 1.44 bits per heavy atom. The number of rotatable bonds is 9. The minimum absolute atomic E-state index is 0.190. The Hall–Kier alpha value is -5.52. The highest BCUT2D eigenvalue weighted by molar-refractivity contribution is 7.39. The van der Waals surface area contributed by atoms with Crippen LogP contribution in [0, 0.1) is 0 Å². The number of hydrogen-bond donors (Lipinski definition) is 1. The molecule has 2 unspecified atom stereocenters. The van der Waals surface area contributed by atoms with Crippen molar-refractivity contribution in [1.82, 2.24) is 5.32 Å². The lowest BCUT2D eigenvalue weighted by molar-refractivity contribution is 0.108. The Kier molecular flexibility index (Phi) is 12.4. The van der Waals surface area contributed by atoms with Crippen molar-refractivity contribution >= 4 is 104 Å². The Morgan fingerprint density at radius 2 is 0.937 bits per heavy atom. The minimum Gasteiger partial charge on any atom is -0.421 e. The fourth-order valence-corrected chi connectivity index (χ4v) is 11.5. The summed E-state index contributed by atoms with van der Waals surface area (Å²) in [6.07, 6.45) is 0. The Morgan fingerprint density at radius 1 is 0.492 bits per heavy atom. The lowest BCUT2D eigenvalue weighted by Crippen LogP contribution is -2.34. The maximum atomic E-state index is 7.21. The third-order valence-corrected chi connectivity index (χ3v) is 14.1. The number of hydrogen-bond acceptors (Lipinski definition) is 7. The molecule has 0 spiro atoms. The Bertz CT molecular complexity index is 3340. The molecule has 0 aliphatic heterocycles. The second kappa shape index (κ2) is 18.3. The molecular weight excluding hydrogens is 819 g/mol. The summed E-state index contributed by atoms with van der Waals surface area (Å²) in [7, 11) is -1.71. The van der Waals surface area contributed by atoms with Crippen molar-refractivity contribution in [3.8, 4) is 0 Å². The van der Waals surface area contributed by atoms with E-state index in [9.17, 15) is 0 Å². The number of benzene rings is 8. The predicted molar refractivity (Wildman–Crippen MR) is 270 cm³/mol. The number of nitrogens with zero attached hydrogens (tertiary/aromatic N) is 1. The van der Waals surface area contributed by atoms with Crippen LogP contribution >= 0.6 is 16.8 Å². The zero-order chi connectivity index (χ0) is 43.8. The van der Waals surface area contributed by atoms with Crippen LogP contribution in [-0.4, -0.2) is 24.2 Å². The van der Waals surface area contributed by atoms with Crippen LogP contribution in [0.4, 0.5) is 0 Å². The van der Waals surface area contributed by atoms with Crippen molar-refractivity contribution in [2.24, 2.45) is 0 Å². The highest BCUT2D eigenvalue weighted by Gasteiger charge is 2.24. The molecule has 2 heterocycles. The van der Waals surface area contributed by atoms with Gasteiger partial charge < -0.3 is 26.8 Å². The van der Waals surface area contributed by atoms with Gasteiger partial charge in [0.15, 0.2) is 0 Å². The SMILES string of the molecule is CC(C)N(C(C)C)p1oc2ccc3ccccc3c2c2c(o1)c(COCc1cc3ccccc3c3c1o[pH]oc1ccc4ccccc4c13)cc1ccccc12.CC(C)NC(C)C. The van der Waals surface area contributed by atoms with E-state index in [0.29, 0.717) is 25.3 Å². The summed E-state index contributed by atoms with van der Waals surface area (Å²) in [6, 6.07) is 48.6. The molecule has 1 N–H and O–H groups in total. The molecule has 0 aliphatic rings. The third kappa shape index (κ3) is 8.49. The van der Waals surface area contributed by atoms with E-state index in [-0.39, 0.29) is 20.8 Å². The van der Waals surface area contributed by atoms with E-state index in [0.717, 1.165) is 98.1 Å². The molecule has 0 saturated heterocycles. The van der Waals surface area contributed by atoms with Gasteiger partial charge in [-0.1, -0.05) is 137 Å². The molecule has 0 radical (unpaired) electrons. The first-order valence-corrected chi connectivity index (χ1v) is 24.0. The van der Waals surface area contributed by atoms with Crippen molar-refractivity contribution in [1.29, 1.82) is 0 Å². The van der Waals surface area contributed by atoms with Crippen LogP contribution in [0.5, 0.6) is 0 Å². The van der Waals surface area contributed by atoms with E-state index in [1.807, 2.05) is 0 Å². The standard InChI is InChI=1S/C48H41NO5P2.C6H15N/c1-29(2)49(30(3)4)56-53-42-24-22-32-14-6-10-18-38(32)44(42)46-40-20-12-8-16-34(40)26-36(48(46)54-56)28-50-27-35-25-33-15-7-11-19-39(33)45-43-37-17-9-5-13-31(37)21-23-41(43)51-55-52-47(35)45;1-5(2)7-6(3)4/h5-26,29-30,55H,27-28H2,1-4H3;5-7H,1-4H3. The summed E-state index contributed by atoms with van der Waals surface area (Å²) in [5, 5.41) is 16.5. The van der Waals surface area contributed by atoms with Crippen LogP contribution in [-0.2, 0) is 18.0 Å². The zero-order valence-electron chi connectivity index (χ0n) is 37.4. The van der Waals surface area contributed by atoms with Gasteiger partial charge in [0, 0.05) is 56.8 Å². The van der Waals surface area contributed by atoms with Gasteiger partial charge in [-0.15, -0.1) is 0 Å². The van der Waals surface area contributed by atoms with Crippen LogP contribution in [0.3, 0.4) is 0 Å². The second-order valence-electron chi connectivity index (χ2n) is 17.5. The fraction of sp³-hybridized carbons (Fsp3) is 0.259. The van der Waals surface area contributed by atoms with Gasteiger partial charge in [0.05, 0.1) is 13.2 Å². The number of ether oxygens (including phenoxy) is 1. The molecule has 0 fully saturated rings. The van der Waals surface area contributed by atoms with Crippen LogP contribution < -0.4 is 9.99 Å². The quantitative estimate of drug-likeness (QED) is 0.155. The molecule has 0 bridgehead atoms. The molecule has 8 aromatic carbocycles. The van der Waals surface area contributed by atoms with Gasteiger partial charge >= 0.3 is 8.16 Å². The van der Waals surface area contributed by atoms with Gasteiger partial charge in [0.1, 0.15) is 22.3 Å². The van der Waals surface area contributed by atoms with Gasteiger partial charge in [-0.05, 0) is 95.1 Å². The monoisotopic (exact) mass is 874 g/mol. The second-order valence-corrected chi connectivity index (χ2v) is 19.4. The van der Waals surface area contributed by atoms with Gasteiger partial charge in [-0.3, -0.25) is 0 Å². The zero-order valence-corrected chi connectivity index (χ0v) is 39.3. The number of nitrogens with one attached hydrogen (secondary N) is 1. The highest BCUT2D eigenvalue weighted by atomic mass is 31.1. The third-order valence-electron chi connectivity index (χ3n) is 11.5. The molecule has 0 amide bonds. The molecule has 7 nitrogen and oxygen atoms in total. The maximum Gasteiger partial charge on any atom is 0.310 e. The smallest absolute Gasteiger partial charge is 0.310 e. The van der Waals surface area contributed by atoms with Crippen LogP contribution in [0.25, 0.3) is 87.0 Å². The first-order chi connectivity index (χ1) is 30.6. The summed E-state index contributed by atoms with van der Waals surface area (Å²) in [5.41, 5.74) is 5.19. The maximum absolute atomic E-state index is 7.21. The molecule has 2 aromatic heterocycles. The summed E-state index contributed by atoms with van der Waals surface area (Å²) in [6.45, 7) is 18.1. The average molecular weight is 875 g/mol. The normalized spacial score (nSPS) is 12.6. The minimum atomic E-state index is -1.52. The molecule has 63 heavy (non-hydrogen) atoms. The summed E-state index contributed by atoms with van der Waals surface area (Å²) in [4.78, 5) is 0. The van der Waals surface area contributed by atoms with Crippen molar-refractivity contribution in [2.75, 3.05) is 4.67 Å². The lowest BCUT2D eigenvalue weighted by Gasteiger charge is -2.26. The molecule has 322 valence electrons. The molecular formula is C54H56N2O5P2. The van der Waals surface area contributed by atoms with Crippen molar-refractivity contribution in [3.05, 3.63) is 145 Å². The van der Waals surface area contributed by atoms with Crippen LogP contribution in [0.1, 0.15) is 66.5 Å². The summed E-state index contributed by atoms with van der Waals surface area (Å²) >= 11 is 0. The largest absolute Gasteiger partial charge is 0.421 e. The molecule has 9 heteroatoms. The van der Waals surface area contributed by atoms with Crippen molar-refractivity contribution in [2.45, 2.75) is 92.8 Å². The Balaban J connectivity index is 0.000000667. The van der Waals surface area contributed by atoms with Gasteiger partial charge in [0.2, 0.25) is 8.67 Å². The average Bonchev–Trinajstić information content (AvgIpc) is 3.57. The topological polar surface area (TPSA) is 77.1 Å². The van der Waals surface area contributed by atoms with E-state index in [1.165, 1.54) is 0 Å². The van der Waals surface area contributed by atoms with Crippen LogP contribution in [0.2, 0.25) is 0 Å². The molecule has 2 atom stereocenters. The van der Waals surface area contributed by atoms with Crippen molar-refractivity contribution in [3.63, 3.8) is 0 Å². The van der Waals surface area contributed by atoms with Gasteiger partial charge in [0.25, 0.3) is 0 Å². The first-order valence-electron chi connectivity index (χ1n) is 22.1. The molecule has 0 saturated carbocycles. The summed E-state index contributed by atoms with van der Waals surface area (Å²) in [5.74, 6) is 0. The van der Waals surface area contributed by atoms with E-state index < -0.39 is 8.16 Å². The van der Waals surface area contributed by atoms with E-state index in [4.69, 9.17) is 21.5 Å². The summed E-state index contributed by atoms with van der Waals surface area (Å²) < 4.78 is 36.2. The first kappa shape index (κ1) is 42.8. The van der Waals surface area contributed by atoms with Gasteiger partial charge in [-0.2, -0.15) is 4.67 Å². The molecule has 10 rings (SSSR count). The van der Waals surface area contributed by atoms with E-state index in [1.54, 1.807) is 0 Å². The van der Waals surface area contributed by atoms with E-state index >= 15 is 0 Å².